The number of hydrogen-bond acceptors (Lipinski definition) is 3. The molecule has 0 aliphatic carbocycles. The molecule has 0 radical (unpaired) electrons. The molecule has 0 fully saturated rings. The Morgan fingerprint density at radius 3 is 2.26 bits per heavy atom. The summed E-state index contributed by atoms with van der Waals surface area (Å²) in [7, 11) is -3.80. The first-order valence-corrected chi connectivity index (χ1v) is 7.73. The summed E-state index contributed by atoms with van der Waals surface area (Å²) >= 11 is 5.72. The normalized spacial score (nSPS) is 16.4. The van der Waals surface area contributed by atoms with Crippen molar-refractivity contribution in [2.24, 2.45) is 0 Å². The summed E-state index contributed by atoms with van der Waals surface area (Å²) in [6, 6.07) is 6.42. The molecule has 1 aromatic carbocycles. The van der Waals surface area contributed by atoms with E-state index in [0.29, 0.717) is 11.1 Å². The lowest BCUT2D eigenvalue weighted by atomic mass is 10.2. The molecule has 0 saturated heterocycles. The van der Waals surface area contributed by atoms with Gasteiger partial charge in [-0.25, -0.2) is 12.7 Å². The number of nitrogens with zero attached hydrogens (tertiary/aromatic N) is 1. The van der Waals surface area contributed by atoms with E-state index in [-0.39, 0.29) is 17.3 Å². The lowest BCUT2D eigenvalue weighted by Gasteiger charge is -2.17. The molecule has 0 saturated carbocycles. The zero-order chi connectivity index (χ0) is 14.2. The fourth-order valence-electron chi connectivity index (χ4n) is 1.88. The van der Waals surface area contributed by atoms with Gasteiger partial charge in [-0.15, -0.1) is 11.6 Å². The molecule has 1 amide bonds. The summed E-state index contributed by atoms with van der Waals surface area (Å²) in [5.74, 6) is -0.325. The van der Waals surface area contributed by atoms with Crippen LogP contribution in [0.15, 0.2) is 40.3 Å². The van der Waals surface area contributed by atoms with Crippen LogP contribution in [0.25, 0.3) is 0 Å². The van der Waals surface area contributed by atoms with Crippen molar-refractivity contribution in [3.05, 3.63) is 41.0 Å². The standard InChI is InChI=1S/C13H14ClNO3S/c1-9-3-5-12(6-4-9)19(17,18)15-8-11(7-14)10(2)13(15)16/h3-6H,7-8H2,1-2H3. The van der Waals surface area contributed by atoms with Crippen LogP contribution in [0.4, 0.5) is 0 Å². The minimum Gasteiger partial charge on any atom is -0.268 e. The van der Waals surface area contributed by atoms with E-state index in [1.54, 1.807) is 19.1 Å². The molecule has 0 atom stereocenters. The fraction of sp³-hybridized carbons (Fsp3) is 0.308. The first-order valence-electron chi connectivity index (χ1n) is 5.76. The number of carbonyl (C=O) groups is 1. The van der Waals surface area contributed by atoms with Gasteiger partial charge in [-0.2, -0.15) is 0 Å². The molecule has 4 nitrogen and oxygen atoms in total. The minimum absolute atomic E-state index is 0.0460. The number of sulfonamides is 1. The zero-order valence-electron chi connectivity index (χ0n) is 10.7. The second-order valence-corrected chi connectivity index (χ2v) is 6.62. The van der Waals surface area contributed by atoms with E-state index in [1.165, 1.54) is 12.1 Å². The average Bonchev–Trinajstić information content (AvgIpc) is 2.67. The van der Waals surface area contributed by atoms with Gasteiger partial charge in [-0.1, -0.05) is 17.7 Å². The van der Waals surface area contributed by atoms with E-state index in [9.17, 15) is 13.2 Å². The Morgan fingerprint density at radius 2 is 1.79 bits per heavy atom. The quantitative estimate of drug-likeness (QED) is 0.803. The first-order chi connectivity index (χ1) is 8.87. The molecule has 0 bridgehead atoms. The monoisotopic (exact) mass is 299 g/mol. The molecule has 19 heavy (non-hydrogen) atoms. The predicted octanol–water partition coefficient (Wildman–Crippen LogP) is 2.08. The topological polar surface area (TPSA) is 54.5 Å². The molecule has 1 aromatic rings. The molecular weight excluding hydrogens is 286 g/mol. The second kappa shape index (κ2) is 4.98. The Morgan fingerprint density at radius 1 is 1.21 bits per heavy atom. The van der Waals surface area contributed by atoms with Crippen molar-refractivity contribution >= 4 is 27.5 Å². The number of halogens is 1. The highest BCUT2D eigenvalue weighted by atomic mass is 35.5. The summed E-state index contributed by atoms with van der Waals surface area (Å²) in [5.41, 5.74) is 2.04. The summed E-state index contributed by atoms with van der Waals surface area (Å²) in [6.07, 6.45) is 0. The highest BCUT2D eigenvalue weighted by molar-refractivity contribution is 7.89. The highest BCUT2D eigenvalue weighted by Gasteiger charge is 2.36. The van der Waals surface area contributed by atoms with Gasteiger partial charge in [-0.3, -0.25) is 4.79 Å². The molecule has 0 N–H and O–H groups in total. The highest BCUT2D eigenvalue weighted by Crippen LogP contribution is 2.26. The van der Waals surface area contributed by atoms with Crippen molar-refractivity contribution in [2.75, 3.05) is 12.4 Å². The van der Waals surface area contributed by atoms with Gasteiger partial charge < -0.3 is 0 Å². The Kier molecular flexibility index (Phi) is 3.69. The van der Waals surface area contributed by atoms with E-state index in [1.807, 2.05) is 6.92 Å². The Labute approximate surface area is 117 Å². The number of benzene rings is 1. The maximum atomic E-state index is 12.4. The number of amides is 1. The van der Waals surface area contributed by atoms with Gasteiger partial charge in [-0.05, 0) is 31.6 Å². The van der Waals surface area contributed by atoms with Crippen LogP contribution in [0.1, 0.15) is 12.5 Å². The van der Waals surface area contributed by atoms with E-state index in [4.69, 9.17) is 11.6 Å². The molecule has 0 aromatic heterocycles. The number of alkyl halides is 1. The van der Waals surface area contributed by atoms with Crippen LogP contribution < -0.4 is 0 Å². The molecule has 0 unspecified atom stereocenters. The summed E-state index contributed by atoms with van der Waals surface area (Å²) in [6.45, 7) is 3.52. The molecule has 102 valence electrons. The van der Waals surface area contributed by atoms with E-state index >= 15 is 0 Å². The van der Waals surface area contributed by atoms with Gasteiger partial charge in [0, 0.05) is 11.5 Å². The number of carbonyl (C=O) groups excluding carboxylic acids is 1. The van der Waals surface area contributed by atoms with Crippen LogP contribution >= 0.6 is 11.6 Å². The largest absolute Gasteiger partial charge is 0.268 e. The van der Waals surface area contributed by atoms with Crippen molar-refractivity contribution in [3.63, 3.8) is 0 Å². The van der Waals surface area contributed by atoms with Crippen molar-refractivity contribution in [1.82, 2.24) is 4.31 Å². The summed E-state index contributed by atoms with van der Waals surface area (Å²) < 4.78 is 25.7. The van der Waals surface area contributed by atoms with Gasteiger partial charge in [0.25, 0.3) is 15.9 Å². The second-order valence-electron chi connectivity index (χ2n) is 4.49. The third-order valence-corrected chi connectivity index (χ3v) is 5.25. The molecule has 6 heteroatoms. The summed E-state index contributed by atoms with van der Waals surface area (Å²) in [5, 5.41) is 0. The third-order valence-electron chi connectivity index (χ3n) is 3.18. The zero-order valence-corrected chi connectivity index (χ0v) is 12.3. The van der Waals surface area contributed by atoms with Crippen LogP contribution in [0.5, 0.6) is 0 Å². The van der Waals surface area contributed by atoms with Crippen molar-refractivity contribution in [3.8, 4) is 0 Å². The molecule has 1 aliphatic heterocycles. The van der Waals surface area contributed by atoms with Gasteiger partial charge in [0.05, 0.1) is 11.4 Å². The number of aryl methyl sites for hydroxylation is 1. The Bertz CT molecular complexity index is 647. The fourth-order valence-corrected chi connectivity index (χ4v) is 3.58. The maximum absolute atomic E-state index is 12.4. The van der Waals surface area contributed by atoms with E-state index in [2.05, 4.69) is 0 Å². The SMILES string of the molecule is CC1=C(CCl)CN(S(=O)(=O)c2ccc(C)cc2)C1=O. The van der Waals surface area contributed by atoms with Crippen LogP contribution in [-0.2, 0) is 14.8 Å². The first kappa shape index (κ1) is 14.1. The average molecular weight is 300 g/mol. The lowest BCUT2D eigenvalue weighted by Crippen LogP contribution is -2.33. The van der Waals surface area contributed by atoms with Crippen LogP contribution in [0.2, 0.25) is 0 Å². The summed E-state index contributed by atoms with van der Waals surface area (Å²) in [4.78, 5) is 12.1. The molecular formula is C13H14ClNO3S. The Balaban J connectivity index is 2.38. The lowest BCUT2D eigenvalue weighted by molar-refractivity contribution is -0.121. The minimum atomic E-state index is -3.80. The Hall–Kier alpha value is -1.33. The van der Waals surface area contributed by atoms with Gasteiger partial charge in [0.15, 0.2) is 0 Å². The van der Waals surface area contributed by atoms with Crippen LogP contribution in [0.3, 0.4) is 0 Å². The molecule has 1 aliphatic rings. The smallest absolute Gasteiger partial charge is 0.267 e. The predicted molar refractivity (Wildman–Crippen MR) is 73.5 cm³/mol. The molecule has 1 heterocycles. The van der Waals surface area contributed by atoms with Gasteiger partial charge in [0.1, 0.15) is 0 Å². The number of hydrogen-bond donors (Lipinski definition) is 0. The third kappa shape index (κ3) is 2.40. The van der Waals surface area contributed by atoms with Gasteiger partial charge in [0.2, 0.25) is 0 Å². The van der Waals surface area contributed by atoms with Crippen LogP contribution in [-0.4, -0.2) is 31.1 Å². The number of rotatable bonds is 3. The van der Waals surface area contributed by atoms with Gasteiger partial charge >= 0.3 is 0 Å². The van der Waals surface area contributed by atoms with E-state index < -0.39 is 15.9 Å². The van der Waals surface area contributed by atoms with Crippen LogP contribution in [0, 0.1) is 6.92 Å². The van der Waals surface area contributed by atoms with Crippen molar-refractivity contribution in [1.29, 1.82) is 0 Å². The maximum Gasteiger partial charge on any atom is 0.267 e. The molecule has 0 spiro atoms. The molecule has 2 rings (SSSR count). The van der Waals surface area contributed by atoms with E-state index in [0.717, 1.165) is 9.87 Å². The van der Waals surface area contributed by atoms with Crippen molar-refractivity contribution < 1.29 is 13.2 Å². The van der Waals surface area contributed by atoms with Crippen molar-refractivity contribution in [2.45, 2.75) is 18.7 Å².